The number of aliphatic imine (C=N–C) groups is 1. The van der Waals surface area contributed by atoms with E-state index in [1.165, 1.54) is 0 Å². The van der Waals surface area contributed by atoms with Crippen molar-refractivity contribution >= 4 is 23.6 Å². The van der Waals surface area contributed by atoms with Crippen molar-refractivity contribution < 1.29 is 9.52 Å². The minimum absolute atomic E-state index is 0.159. The van der Waals surface area contributed by atoms with Gasteiger partial charge in [-0.05, 0) is 12.1 Å². The zero-order valence-electron chi connectivity index (χ0n) is 9.21. The molecular formula is C13H10N2O2. The lowest BCUT2D eigenvalue weighted by Gasteiger charge is -1.97. The van der Waals surface area contributed by atoms with Gasteiger partial charge in [-0.25, -0.2) is 4.98 Å². The van der Waals surface area contributed by atoms with Crippen LogP contribution in [-0.4, -0.2) is 16.3 Å². The summed E-state index contributed by atoms with van der Waals surface area (Å²) in [6.07, 6.45) is 3.52. The van der Waals surface area contributed by atoms with Crippen LogP contribution in [0, 0.1) is 6.92 Å². The van der Waals surface area contributed by atoms with E-state index in [0.29, 0.717) is 11.6 Å². The summed E-state index contributed by atoms with van der Waals surface area (Å²) in [5, 5.41) is 9.52. The molecule has 0 aliphatic carbocycles. The number of aromatic nitrogens is 1. The monoisotopic (exact) mass is 226 g/mol. The van der Waals surface area contributed by atoms with Crippen LogP contribution in [0.15, 0.2) is 33.7 Å². The molecule has 1 aromatic carbocycles. The Morgan fingerprint density at radius 1 is 1.29 bits per heavy atom. The Labute approximate surface area is 98.0 Å². The maximum atomic E-state index is 9.52. The first-order valence-electron chi connectivity index (χ1n) is 5.25. The zero-order chi connectivity index (χ0) is 11.8. The molecule has 1 aromatic heterocycles. The van der Waals surface area contributed by atoms with Gasteiger partial charge in [-0.15, -0.1) is 0 Å². The van der Waals surface area contributed by atoms with Crippen LogP contribution < -0.4 is 0 Å². The molecular weight excluding hydrogens is 216 g/mol. The summed E-state index contributed by atoms with van der Waals surface area (Å²) in [4.78, 5) is 8.37. The van der Waals surface area contributed by atoms with Crippen LogP contribution in [0.4, 0.5) is 5.69 Å². The largest absolute Gasteiger partial charge is 0.479 e. The van der Waals surface area contributed by atoms with Crippen molar-refractivity contribution in [2.24, 2.45) is 4.99 Å². The van der Waals surface area contributed by atoms with Crippen molar-refractivity contribution in [3.63, 3.8) is 0 Å². The lowest BCUT2D eigenvalue weighted by atomic mass is 10.1. The average molecular weight is 226 g/mol. The van der Waals surface area contributed by atoms with Crippen molar-refractivity contribution in [3.05, 3.63) is 41.4 Å². The van der Waals surface area contributed by atoms with E-state index in [1.807, 2.05) is 24.3 Å². The van der Waals surface area contributed by atoms with Crippen LogP contribution in [-0.2, 0) is 0 Å². The number of para-hydroxylation sites is 1. The summed E-state index contributed by atoms with van der Waals surface area (Å²) < 4.78 is 4.97. The SMILES string of the molecule is Cc1nc(/C=C2\C=Nc3ccccc32)c(O)o1. The standard InChI is InChI=1S/C13H10N2O2/c1-8-15-12(13(16)17-8)6-9-7-14-11-5-3-2-4-10(9)11/h2-7,16H,1H3/b9-6+. The van der Waals surface area contributed by atoms with Gasteiger partial charge in [-0.2, -0.15) is 0 Å². The fourth-order valence-electron chi connectivity index (χ4n) is 1.83. The molecule has 17 heavy (non-hydrogen) atoms. The van der Waals surface area contributed by atoms with Gasteiger partial charge in [-0.3, -0.25) is 4.99 Å². The van der Waals surface area contributed by atoms with Gasteiger partial charge >= 0.3 is 5.95 Å². The molecule has 0 fully saturated rings. The summed E-state index contributed by atoms with van der Waals surface area (Å²) in [6.45, 7) is 1.69. The highest BCUT2D eigenvalue weighted by molar-refractivity contribution is 6.21. The van der Waals surface area contributed by atoms with E-state index in [1.54, 1.807) is 19.2 Å². The van der Waals surface area contributed by atoms with Crippen LogP contribution in [0.1, 0.15) is 17.1 Å². The van der Waals surface area contributed by atoms with Crippen molar-refractivity contribution in [2.45, 2.75) is 6.92 Å². The van der Waals surface area contributed by atoms with Gasteiger partial charge in [0.2, 0.25) is 0 Å². The highest BCUT2D eigenvalue weighted by atomic mass is 16.5. The fraction of sp³-hybridized carbons (Fsp3) is 0.0769. The van der Waals surface area contributed by atoms with Crippen LogP contribution in [0.25, 0.3) is 11.6 Å². The summed E-state index contributed by atoms with van der Waals surface area (Å²) in [5.74, 6) is 0.283. The van der Waals surface area contributed by atoms with Crippen LogP contribution in [0.5, 0.6) is 5.95 Å². The topological polar surface area (TPSA) is 58.6 Å². The van der Waals surface area contributed by atoms with Gasteiger partial charge in [0.25, 0.3) is 0 Å². The Morgan fingerprint density at radius 3 is 2.88 bits per heavy atom. The first-order chi connectivity index (χ1) is 8.24. The molecule has 1 N–H and O–H groups in total. The number of oxazole rings is 1. The van der Waals surface area contributed by atoms with Crippen molar-refractivity contribution in [1.29, 1.82) is 0 Å². The maximum Gasteiger partial charge on any atom is 0.310 e. The third kappa shape index (κ3) is 1.63. The summed E-state index contributed by atoms with van der Waals surface area (Å²) >= 11 is 0. The molecule has 0 amide bonds. The molecule has 0 saturated carbocycles. The molecule has 0 spiro atoms. The highest BCUT2D eigenvalue weighted by Crippen LogP contribution is 2.33. The first kappa shape index (κ1) is 9.84. The molecule has 4 nitrogen and oxygen atoms in total. The van der Waals surface area contributed by atoms with E-state index in [9.17, 15) is 5.11 Å². The van der Waals surface area contributed by atoms with Gasteiger partial charge in [0.1, 0.15) is 5.69 Å². The molecule has 0 bridgehead atoms. The molecule has 3 rings (SSSR count). The first-order valence-corrected chi connectivity index (χ1v) is 5.25. The fourth-order valence-corrected chi connectivity index (χ4v) is 1.83. The Hall–Kier alpha value is -2.36. The number of aryl methyl sites for hydroxylation is 1. The lowest BCUT2D eigenvalue weighted by molar-refractivity contribution is 0.322. The van der Waals surface area contributed by atoms with Gasteiger partial charge in [0.05, 0.1) is 5.69 Å². The third-order valence-corrected chi connectivity index (χ3v) is 2.59. The Bertz CT molecular complexity index is 639. The predicted octanol–water partition coefficient (Wildman–Crippen LogP) is 2.95. The normalized spacial score (nSPS) is 15.5. The van der Waals surface area contributed by atoms with E-state index < -0.39 is 0 Å². The number of rotatable bonds is 1. The molecule has 0 atom stereocenters. The molecule has 2 aromatic rings. The molecule has 4 heteroatoms. The Kier molecular flexibility index (Phi) is 2.08. The molecule has 0 unspecified atom stereocenters. The molecule has 84 valence electrons. The number of benzene rings is 1. The predicted molar refractivity (Wildman–Crippen MR) is 65.4 cm³/mol. The Morgan fingerprint density at radius 2 is 2.12 bits per heavy atom. The molecule has 0 saturated heterocycles. The highest BCUT2D eigenvalue weighted by Gasteiger charge is 2.14. The van der Waals surface area contributed by atoms with Crippen molar-refractivity contribution in [3.8, 4) is 5.95 Å². The van der Waals surface area contributed by atoms with Gasteiger partial charge in [0, 0.05) is 24.3 Å². The second-order valence-electron chi connectivity index (χ2n) is 3.80. The molecule has 1 aliphatic heterocycles. The summed E-state index contributed by atoms with van der Waals surface area (Å²) in [7, 11) is 0. The lowest BCUT2D eigenvalue weighted by Crippen LogP contribution is -1.81. The number of aromatic hydroxyl groups is 1. The molecule has 0 radical (unpaired) electrons. The molecule has 1 aliphatic rings. The van der Waals surface area contributed by atoms with Crippen LogP contribution in [0.3, 0.4) is 0 Å². The quantitative estimate of drug-likeness (QED) is 0.813. The second-order valence-corrected chi connectivity index (χ2v) is 3.80. The zero-order valence-corrected chi connectivity index (χ0v) is 9.21. The van der Waals surface area contributed by atoms with E-state index in [2.05, 4.69) is 9.98 Å². The van der Waals surface area contributed by atoms with Crippen LogP contribution in [0.2, 0.25) is 0 Å². The van der Waals surface area contributed by atoms with Gasteiger partial charge < -0.3 is 9.52 Å². The van der Waals surface area contributed by atoms with Crippen molar-refractivity contribution in [1.82, 2.24) is 4.98 Å². The number of hydrogen-bond acceptors (Lipinski definition) is 4. The van der Waals surface area contributed by atoms with Gasteiger partial charge in [0.15, 0.2) is 5.89 Å². The summed E-state index contributed by atoms with van der Waals surface area (Å²) in [6, 6.07) is 7.82. The van der Waals surface area contributed by atoms with Gasteiger partial charge in [-0.1, -0.05) is 18.2 Å². The average Bonchev–Trinajstić information content (AvgIpc) is 2.85. The second kappa shape index (κ2) is 3.59. The smallest absolute Gasteiger partial charge is 0.310 e. The maximum absolute atomic E-state index is 9.52. The Balaban J connectivity index is 2.08. The van der Waals surface area contributed by atoms with Crippen LogP contribution >= 0.6 is 0 Å². The molecule has 2 heterocycles. The van der Waals surface area contributed by atoms with Crippen molar-refractivity contribution in [2.75, 3.05) is 0 Å². The third-order valence-electron chi connectivity index (χ3n) is 2.59. The minimum Gasteiger partial charge on any atom is -0.479 e. The number of fused-ring (bicyclic) bond motifs is 1. The van der Waals surface area contributed by atoms with E-state index in [4.69, 9.17) is 4.42 Å². The van der Waals surface area contributed by atoms with E-state index >= 15 is 0 Å². The van der Waals surface area contributed by atoms with E-state index in [0.717, 1.165) is 16.8 Å². The number of allylic oxidation sites excluding steroid dienone is 1. The van der Waals surface area contributed by atoms with E-state index in [-0.39, 0.29) is 5.95 Å². The number of hydrogen-bond donors (Lipinski definition) is 1. The summed E-state index contributed by atoms with van der Waals surface area (Å²) in [5.41, 5.74) is 3.32. The minimum atomic E-state index is -0.159. The number of nitrogens with zero attached hydrogens (tertiary/aromatic N) is 2.